The molecule has 1 aliphatic rings. The second kappa shape index (κ2) is 6.02. The lowest BCUT2D eigenvalue weighted by Crippen LogP contribution is -2.29. The molecule has 0 bridgehead atoms. The van der Waals surface area contributed by atoms with Crippen molar-refractivity contribution in [3.05, 3.63) is 29.1 Å². The highest BCUT2D eigenvalue weighted by molar-refractivity contribution is 6.83. The number of halogens is 1. The molecule has 0 fully saturated rings. The summed E-state index contributed by atoms with van der Waals surface area (Å²) < 4.78 is 23.8. The van der Waals surface area contributed by atoms with Crippen LogP contribution in [-0.2, 0) is 16.0 Å². The molecule has 0 radical (unpaired) electrons. The highest BCUT2D eigenvalue weighted by atomic mass is 28.3. The standard InChI is InChI=1S/C14H16BFO4Si/c1-21(2,3)6-4-5-19-14(17)11-8-12-10(7-13(11)16)9-20-15(12)18/h7-8,18H,5,9H2,1-3H3. The number of ether oxygens (including phenoxy) is 1. The van der Waals surface area contributed by atoms with Crippen LogP contribution < -0.4 is 5.46 Å². The first-order chi connectivity index (χ1) is 9.78. The molecule has 2 rings (SSSR count). The van der Waals surface area contributed by atoms with Crippen LogP contribution in [0.3, 0.4) is 0 Å². The van der Waals surface area contributed by atoms with Crippen LogP contribution >= 0.6 is 0 Å². The number of benzene rings is 1. The minimum atomic E-state index is -1.52. The molecule has 21 heavy (non-hydrogen) atoms. The van der Waals surface area contributed by atoms with Gasteiger partial charge < -0.3 is 14.4 Å². The van der Waals surface area contributed by atoms with Crippen LogP contribution in [0.5, 0.6) is 0 Å². The van der Waals surface area contributed by atoms with Crippen LogP contribution in [0.2, 0.25) is 19.6 Å². The van der Waals surface area contributed by atoms with E-state index in [1.807, 2.05) is 0 Å². The van der Waals surface area contributed by atoms with Gasteiger partial charge in [-0.3, -0.25) is 0 Å². The van der Waals surface area contributed by atoms with E-state index in [2.05, 4.69) is 31.1 Å². The van der Waals surface area contributed by atoms with Gasteiger partial charge in [0.25, 0.3) is 0 Å². The first-order valence-electron chi connectivity index (χ1n) is 6.57. The predicted octanol–water partition coefficient (Wildman–Crippen LogP) is 1.08. The molecule has 1 aliphatic heterocycles. The van der Waals surface area contributed by atoms with Crippen molar-refractivity contribution < 1.29 is 23.6 Å². The molecule has 1 aromatic carbocycles. The van der Waals surface area contributed by atoms with Crippen LogP contribution in [0.4, 0.5) is 4.39 Å². The van der Waals surface area contributed by atoms with E-state index in [9.17, 15) is 14.2 Å². The zero-order valence-corrected chi connectivity index (χ0v) is 13.2. The summed E-state index contributed by atoms with van der Waals surface area (Å²) in [4.78, 5) is 11.9. The third-order valence-corrected chi connectivity index (χ3v) is 3.78. The van der Waals surface area contributed by atoms with Crippen LogP contribution in [0, 0.1) is 17.3 Å². The van der Waals surface area contributed by atoms with Crippen LogP contribution in [0.1, 0.15) is 15.9 Å². The predicted molar refractivity (Wildman–Crippen MR) is 80.2 cm³/mol. The normalized spacial score (nSPS) is 13.5. The number of carbonyl (C=O) groups excluding carboxylic acids is 1. The van der Waals surface area contributed by atoms with Gasteiger partial charge in [0.05, 0.1) is 12.2 Å². The zero-order chi connectivity index (χ0) is 15.6. The maximum absolute atomic E-state index is 13.9. The zero-order valence-electron chi connectivity index (χ0n) is 12.2. The summed E-state index contributed by atoms with van der Waals surface area (Å²) in [7, 11) is -2.64. The van der Waals surface area contributed by atoms with Gasteiger partial charge in [-0.25, -0.2) is 9.18 Å². The summed E-state index contributed by atoms with van der Waals surface area (Å²) in [6.45, 7) is 6.28. The Morgan fingerprint density at radius 3 is 2.90 bits per heavy atom. The average Bonchev–Trinajstić information content (AvgIpc) is 2.73. The largest absolute Gasteiger partial charge is 0.491 e. The molecule has 4 nitrogen and oxygen atoms in total. The fourth-order valence-corrected chi connectivity index (χ4v) is 2.48. The van der Waals surface area contributed by atoms with E-state index < -0.39 is 27.0 Å². The Morgan fingerprint density at radius 2 is 2.24 bits per heavy atom. The quantitative estimate of drug-likeness (QED) is 0.505. The molecule has 1 N–H and O–H groups in total. The average molecular weight is 306 g/mol. The van der Waals surface area contributed by atoms with Gasteiger partial charge in [0.1, 0.15) is 13.9 Å². The number of hydrogen-bond acceptors (Lipinski definition) is 4. The van der Waals surface area contributed by atoms with Gasteiger partial charge in [-0.15, -0.1) is 5.54 Å². The van der Waals surface area contributed by atoms with Crippen LogP contribution in [-0.4, -0.2) is 32.8 Å². The lowest BCUT2D eigenvalue weighted by molar-refractivity contribution is 0.0551. The monoisotopic (exact) mass is 306 g/mol. The second-order valence-corrected chi connectivity index (χ2v) is 10.6. The SMILES string of the molecule is C[Si](C)(C)C#CCOC(=O)c1cc2c(cc1F)COB2O. The first-order valence-corrected chi connectivity index (χ1v) is 10.1. The first kappa shape index (κ1) is 15.8. The molecule has 110 valence electrons. The fraction of sp³-hybridized carbons (Fsp3) is 0.357. The maximum atomic E-state index is 13.9. The van der Waals surface area contributed by atoms with Crippen molar-refractivity contribution in [2.45, 2.75) is 26.2 Å². The number of esters is 1. The van der Waals surface area contributed by atoms with Crippen molar-refractivity contribution in [2.75, 3.05) is 6.61 Å². The molecule has 0 saturated heterocycles. The number of fused-ring (bicyclic) bond motifs is 1. The molecular weight excluding hydrogens is 290 g/mol. The Balaban J connectivity index is 2.09. The van der Waals surface area contributed by atoms with Gasteiger partial charge in [-0.05, 0) is 23.2 Å². The molecule has 7 heteroatoms. The van der Waals surface area contributed by atoms with Crippen LogP contribution in [0.15, 0.2) is 12.1 Å². The molecule has 0 aromatic heterocycles. The number of hydrogen-bond donors (Lipinski definition) is 1. The molecule has 0 amide bonds. The van der Waals surface area contributed by atoms with E-state index in [0.29, 0.717) is 11.0 Å². The van der Waals surface area contributed by atoms with Gasteiger partial charge in [0.15, 0.2) is 6.61 Å². The van der Waals surface area contributed by atoms with Gasteiger partial charge in [0, 0.05) is 0 Å². The van der Waals surface area contributed by atoms with E-state index >= 15 is 0 Å². The summed E-state index contributed by atoms with van der Waals surface area (Å²) in [5.41, 5.74) is 3.77. The summed E-state index contributed by atoms with van der Waals surface area (Å²) in [6, 6.07) is 2.46. The van der Waals surface area contributed by atoms with Gasteiger partial charge in [0.2, 0.25) is 0 Å². The molecule has 0 atom stereocenters. The smallest absolute Gasteiger partial charge is 0.449 e. The highest BCUT2D eigenvalue weighted by Gasteiger charge is 2.30. The lowest BCUT2D eigenvalue weighted by Gasteiger charge is -2.06. The van der Waals surface area contributed by atoms with Gasteiger partial charge >= 0.3 is 13.1 Å². The molecule has 0 spiro atoms. The molecule has 0 aliphatic carbocycles. The number of carbonyl (C=O) groups is 1. The second-order valence-electron chi connectivity index (χ2n) is 5.82. The summed E-state index contributed by atoms with van der Waals surface area (Å²) >= 11 is 0. The van der Waals surface area contributed by atoms with Crippen molar-refractivity contribution in [1.82, 2.24) is 0 Å². The summed E-state index contributed by atoms with van der Waals surface area (Å²) in [5, 5.41) is 9.57. The Labute approximate surface area is 124 Å². The van der Waals surface area contributed by atoms with E-state index in [1.54, 1.807) is 0 Å². The van der Waals surface area contributed by atoms with E-state index in [-0.39, 0.29) is 18.8 Å². The number of rotatable bonds is 2. The third kappa shape index (κ3) is 3.94. The maximum Gasteiger partial charge on any atom is 0.491 e. The van der Waals surface area contributed by atoms with Crippen molar-refractivity contribution >= 4 is 26.6 Å². The molecule has 1 aromatic rings. The molecule has 0 saturated carbocycles. The lowest BCUT2D eigenvalue weighted by atomic mass is 9.78. The minimum absolute atomic E-state index is 0.0708. The third-order valence-electron chi connectivity index (χ3n) is 2.85. The van der Waals surface area contributed by atoms with Crippen molar-refractivity contribution in [1.29, 1.82) is 0 Å². The van der Waals surface area contributed by atoms with E-state index in [1.165, 1.54) is 12.1 Å². The highest BCUT2D eigenvalue weighted by Crippen LogP contribution is 2.16. The van der Waals surface area contributed by atoms with Crippen molar-refractivity contribution in [3.63, 3.8) is 0 Å². The Bertz CT molecular complexity index is 630. The minimum Gasteiger partial charge on any atom is -0.449 e. The summed E-state index contributed by atoms with van der Waals surface area (Å²) in [5.74, 6) is 1.30. The van der Waals surface area contributed by atoms with Crippen molar-refractivity contribution in [3.8, 4) is 11.5 Å². The van der Waals surface area contributed by atoms with Crippen LogP contribution in [0.25, 0.3) is 0 Å². The van der Waals surface area contributed by atoms with Gasteiger partial charge in [-0.2, -0.15) is 0 Å². The fourth-order valence-electron chi connectivity index (χ4n) is 1.88. The molecule has 0 unspecified atom stereocenters. The topological polar surface area (TPSA) is 55.8 Å². The van der Waals surface area contributed by atoms with E-state index in [4.69, 9.17) is 9.39 Å². The Morgan fingerprint density at radius 1 is 1.52 bits per heavy atom. The molecular formula is C14H16BFO4Si. The summed E-state index contributed by atoms with van der Waals surface area (Å²) in [6.07, 6.45) is 0. The Kier molecular flexibility index (Phi) is 4.52. The molecule has 1 heterocycles. The van der Waals surface area contributed by atoms with Gasteiger partial charge in [-0.1, -0.05) is 25.6 Å². The Hall–Kier alpha value is -1.62. The van der Waals surface area contributed by atoms with E-state index in [0.717, 1.165) is 0 Å². The van der Waals surface area contributed by atoms with Crippen molar-refractivity contribution in [2.24, 2.45) is 0 Å².